The van der Waals surface area contributed by atoms with Gasteiger partial charge in [0.05, 0.1) is 12.2 Å². The van der Waals surface area contributed by atoms with E-state index in [0.717, 1.165) is 43.2 Å². The van der Waals surface area contributed by atoms with Gasteiger partial charge in [-0.2, -0.15) is 0 Å². The Morgan fingerprint density at radius 2 is 2.30 bits per heavy atom. The first-order valence-electron chi connectivity index (χ1n) is 7.23. The third kappa shape index (κ3) is 4.28. The molecule has 1 unspecified atom stereocenters. The van der Waals surface area contributed by atoms with Crippen molar-refractivity contribution in [2.24, 2.45) is 5.92 Å². The van der Waals surface area contributed by atoms with Crippen LogP contribution in [0.1, 0.15) is 50.7 Å². The van der Waals surface area contributed by atoms with Crippen LogP contribution in [0.3, 0.4) is 0 Å². The Balaban J connectivity index is 1.92. The number of aromatic nitrogens is 1. The van der Waals surface area contributed by atoms with Crippen LogP contribution < -0.4 is 0 Å². The first-order valence-corrected chi connectivity index (χ1v) is 8.11. The predicted octanol–water partition coefficient (Wildman–Crippen LogP) is 3.13. The maximum absolute atomic E-state index is 10.8. The molecule has 1 aliphatic rings. The van der Waals surface area contributed by atoms with Gasteiger partial charge in [-0.05, 0) is 25.3 Å². The fourth-order valence-electron chi connectivity index (χ4n) is 2.63. The molecule has 1 aromatic rings. The third-order valence-corrected chi connectivity index (χ3v) is 4.58. The number of carboxylic acids is 1. The molecule has 0 spiro atoms. The van der Waals surface area contributed by atoms with E-state index in [1.54, 1.807) is 11.3 Å². The lowest BCUT2D eigenvalue weighted by Gasteiger charge is -2.31. The number of nitrogens with zero attached hydrogens (tertiary/aromatic N) is 2. The van der Waals surface area contributed by atoms with Crippen molar-refractivity contribution in [3.8, 4) is 0 Å². The largest absolute Gasteiger partial charge is 0.481 e. The zero-order valence-electron chi connectivity index (χ0n) is 12.6. The minimum atomic E-state index is -0.680. The van der Waals surface area contributed by atoms with E-state index in [2.05, 4.69) is 31.1 Å². The van der Waals surface area contributed by atoms with Gasteiger partial charge in [0.25, 0.3) is 0 Å². The number of thiazole rings is 1. The zero-order chi connectivity index (χ0) is 14.8. The number of carboxylic acid groups (broad SMARTS) is 1. The van der Waals surface area contributed by atoms with Crippen LogP contribution >= 0.6 is 11.3 Å². The van der Waals surface area contributed by atoms with Gasteiger partial charge in [0.1, 0.15) is 5.01 Å². The van der Waals surface area contributed by atoms with E-state index in [9.17, 15) is 4.79 Å². The monoisotopic (exact) mass is 296 g/mol. The second kappa shape index (κ2) is 6.22. The summed E-state index contributed by atoms with van der Waals surface area (Å²) in [6, 6.07) is 0. The molecule has 20 heavy (non-hydrogen) atoms. The Labute approximate surface area is 124 Å². The van der Waals surface area contributed by atoms with Crippen molar-refractivity contribution in [2.45, 2.75) is 52.0 Å². The molecule has 0 amide bonds. The standard InChI is InChI=1S/C15H24N2O2S/c1-15(2,3)12-10-20-13(16-12)9-17-6-4-5-11(8-17)7-14(18)19/h10-11H,4-9H2,1-3H3,(H,18,19). The van der Waals surface area contributed by atoms with Gasteiger partial charge in [0.2, 0.25) is 0 Å². The highest BCUT2D eigenvalue weighted by Crippen LogP contribution is 2.26. The van der Waals surface area contributed by atoms with Gasteiger partial charge in [0, 0.05) is 23.8 Å². The van der Waals surface area contributed by atoms with Crippen molar-refractivity contribution in [2.75, 3.05) is 13.1 Å². The Morgan fingerprint density at radius 1 is 1.55 bits per heavy atom. The van der Waals surface area contributed by atoms with E-state index >= 15 is 0 Å². The molecule has 0 aliphatic carbocycles. The molecule has 1 aliphatic heterocycles. The van der Waals surface area contributed by atoms with Crippen LogP contribution in [0.4, 0.5) is 0 Å². The lowest BCUT2D eigenvalue weighted by atomic mass is 9.93. The summed E-state index contributed by atoms with van der Waals surface area (Å²) in [7, 11) is 0. The van der Waals surface area contributed by atoms with Gasteiger partial charge < -0.3 is 5.11 Å². The summed E-state index contributed by atoms with van der Waals surface area (Å²) >= 11 is 1.72. The van der Waals surface area contributed by atoms with Crippen molar-refractivity contribution < 1.29 is 9.90 Å². The van der Waals surface area contributed by atoms with Gasteiger partial charge >= 0.3 is 5.97 Å². The van der Waals surface area contributed by atoms with Crippen molar-refractivity contribution >= 4 is 17.3 Å². The van der Waals surface area contributed by atoms with E-state index < -0.39 is 5.97 Å². The molecule has 0 radical (unpaired) electrons. The highest BCUT2D eigenvalue weighted by molar-refractivity contribution is 7.09. The minimum absolute atomic E-state index is 0.0997. The summed E-state index contributed by atoms with van der Waals surface area (Å²) in [5.41, 5.74) is 1.25. The Morgan fingerprint density at radius 3 is 2.90 bits per heavy atom. The second-order valence-electron chi connectivity index (χ2n) is 6.72. The van der Waals surface area contributed by atoms with Crippen LogP contribution in [0.15, 0.2) is 5.38 Å². The summed E-state index contributed by atoms with van der Waals surface area (Å²) in [4.78, 5) is 17.9. The quantitative estimate of drug-likeness (QED) is 0.927. The molecule has 2 heterocycles. The normalized spacial score (nSPS) is 21.1. The SMILES string of the molecule is CC(C)(C)c1csc(CN2CCCC(CC(=O)O)C2)n1. The average molecular weight is 296 g/mol. The summed E-state index contributed by atoms with van der Waals surface area (Å²) in [5.74, 6) is -0.385. The molecule has 1 fully saturated rings. The summed E-state index contributed by atoms with van der Waals surface area (Å²) < 4.78 is 0. The van der Waals surface area contributed by atoms with Crippen LogP contribution in [0.25, 0.3) is 0 Å². The van der Waals surface area contributed by atoms with Crippen LogP contribution in [-0.2, 0) is 16.8 Å². The van der Waals surface area contributed by atoms with Crippen LogP contribution in [0.5, 0.6) is 0 Å². The molecule has 5 heteroatoms. The van der Waals surface area contributed by atoms with Crippen LogP contribution in [-0.4, -0.2) is 34.0 Å². The molecule has 1 aromatic heterocycles. The topological polar surface area (TPSA) is 53.4 Å². The summed E-state index contributed by atoms with van der Waals surface area (Å²) in [6.07, 6.45) is 2.42. The average Bonchev–Trinajstić information content (AvgIpc) is 2.76. The van der Waals surface area contributed by atoms with Gasteiger partial charge in [-0.15, -0.1) is 11.3 Å². The van der Waals surface area contributed by atoms with Gasteiger partial charge in [-0.25, -0.2) is 4.98 Å². The Bertz CT molecular complexity index is 465. The van der Waals surface area contributed by atoms with E-state index in [0.29, 0.717) is 12.3 Å². The zero-order valence-corrected chi connectivity index (χ0v) is 13.4. The number of likely N-dealkylation sites (tertiary alicyclic amines) is 1. The number of rotatable bonds is 4. The molecular weight excluding hydrogens is 272 g/mol. The lowest BCUT2D eigenvalue weighted by molar-refractivity contribution is -0.138. The molecule has 1 saturated heterocycles. The predicted molar refractivity (Wildman–Crippen MR) is 81.1 cm³/mol. The lowest BCUT2D eigenvalue weighted by Crippen LogP contribution is -2.35. The smallest absolute Gasteiger partial charge is 0.303 e. The van der Waals surface area contributed by atoms with E-state index in [1.165, 1.54) is 0 Å². The molecule has 0 saturated carbocycles. The number of hydrogen-bond acceptors (Lipinski definition) is 4. The number of aliphatic carboxylic acids is 1. The maximum atomic E-state index is 10.8. The van der Waals surface area contributed by atoms with Crippen LogP contribution in [0, 0.1) is 5.92 Å². The van der Waals surface area contributed by atoms with Crippen molar-refractivity contribution in [3.63, 3.8) is 0 Å². The van der Waals surface area contributed by atoms with Crippen molar-refractivity contribution in [1.29, 1.82) is 0 Å². The van der Waals surface area contributed by atoms with E-state index in [1.807, 2.05) is 0 Å². The third-order valence-electron chi connectivity index (χ3n) is 3.75. The summed E-state index contributed by atoms with van der Waals surface area (Å²) in [5, 5.41) is 12.2. The molecule has 0 bridgehead atoms. The first-order chi connectivity index (χ1) is 9.34. The molecule has 2 rings (SSSR count). The van der Waals surface area contributed by atoms with Gasteiger partial charge in [-0.3, -0.25) is 9.69 Å². The maximum Gasteiger partial charge on any atom is 0.303 e. The highest BCUT2D eigenvalue weighted by Gasteiger charge is 2.23. The Kier molecular flexibility index (Phi) is 4.81. The van der Waals surface area contributed by atoms with E-state index in [-0.39, 0.29) is 5.41 Å². The number of hydrogen-bond donors (Lipinski definition) is 1. The van der Waals surface area contributed by atoms with E-state index in [4.69, 9.17) is 10.1 Å². The molecule has 112 valence electrons. The summed E-state index contributed by atoms with van der Waals surface area (Å²) in [6.45, 7) is 9.33. The molecule has 0 aromatic carbocycles. The van der Waals surface area contributed by atoms with Gasteiger partial charge in [-0.1, -0.05) is 20.8 Å². The number of carbonyl (C=O) groups is 1. The van der Waals surface area contributed by atoms with Crippen molar-refractivity contribution in [1.82, 2.24) is 9.88 Å². The minimum Gasteiger partial charge on any atom is -0.481 e. The molecule has 1 N–H and O–H groups in total. The highest BCUT2D eigenvalue weighted by atomic mass is 32.1. The van der Waals surface area contributed by atoms with Gasteiger partial charge in [0.15, 0.2) is 0 Å². The Hall–Kier alpha value is -0.940. The molecule has 1 atom stereocenters. The van der Waals surface area contributed by atoms with Crippen LogP contribution in [0.2, 0.25) is 0 Å². The van der Waals surface area contributed by atoms with Crippen molar-refractivity contribution in [3.05, 3.63) is 16.1 Å². The molecular formula is C15H24N2O2S. The second-order valence-corrected chi connectivity index (χ2v) is 7.66. The molecule has 4 nitrogen and oxygen atoms in total. The fourth-order valence-corrected chi connectivity index (χ4v) is 3.69. The number of piperidine rings is 1. The first kappa shape index (κ1) is 15.4. The fraction of sp³-hybridized carbons (Fsp3) is 0.733.